The number of aldehydes is 1. The smallest absolute Gasteiger partial charge is 0.298 e. The van der Waals surface area contributed by atoms with Gasteiger partial charge in [0.05, 0.1) is 5.56 Å². The van der Waals surface area contributed by atoms with Crippen LogP contribution in [0.15, 0.2) is 21.3 Å². The predicted octanol–water partition coefficient (Wildman–Crippen LogP) is 1.39. The fourth-order valence-corrected chi connectivity index (χ4v) is 2.57. The van der Waals surface area contributed by atoms with E-state index in [0.29, 0.717) is 23.0 Å². The molecule has 1 N–H and O–H groups in total. The molecule has 7 nitrogen and oxygen atoms in total. The third kappa shape index (κ3) is 2.85. The van der Waals surface area contributed by atoms with Crippen molar-refractivity contribution in [2.24, 2.45) is 0 Å². The van der Waals surface area contributed by atoms with Gasteiger partial charge in [0.15, 0.2) is 11.4 Å². The molecule has 0 bridgehead atoms. The number of hydrogen-bond donors (Lipinski definition) is 1. The van der Waals surface area contributed by atoms with E-state index in [0.717, 1.165) is 18.2 Å². The zero-order valence-corrected chi connectivity index (χ0v) is 11.5. The van der Waals surface area contributed by atoms with E-state index >= 15 is 0 Å². The largest absolute Gasteiger partial charge is 0.343 e. The first kappa shape index (κ1) is 13.8. The lowest BCUT2D eigenvalue weighted by Gasteiger charge is -2.05. The van der Waals surface area contributed by atoms with Crippen molar-refractivity contribution in [2.45, 2.75) is 30.1 Å². The van der Waals surface area contributed by atoms with Crippen molar-refractivity contribution in [3.05, 3.63) is 27.5 Å². The van der Waals surface area contributed by atoms with Crippen LogP contribution < -0.4 is 5.69 Å². The highest BCUT2D eigenvalue weighted by atomic mass is 35.5. The number of carbonyl (C=O) groups excluding carboxylic acids is 1. The number of halogens is 1. The maximum Gasteiger partial charge on any atom is 0.343 e. The van der Waals surface area contributed by atoms with Gasteiger partial charge >= 0.3 is 5.69 Å². The van der Waals surface area contributed by atoms with E-state index in [1.165, 1.54) is 10.9 Å². The van der Waals surface area contributed by atoms with Gasteiger partial charge in [0.2, 0.25) is 0 Å². The molecule has 0 amide bonds. The SMILES string of the molecule is CCCn1c(Sc2ncnc(Cl)c2C=O)n[nH]c1=O. The van der Waals surface area contributed by atoms with Gasteiger partial charge in [0.1, 0.15) is 16.5 Å². The van der Waals surface area contributed by atoms with Crippen LogP contribution in [-0.4, -0.2) is 31.0 Å². The molecule has 0 unspecified atom stereocenters. The first-order valence-corrected chi connectivity index (χ1v) is 6.65. The molecular formula is C10H10ClN5O2S. The predicted molar refractivity (Wildman–Crippen MR) is 69.7 cm³/mol. The van der Waals surface area contributed by atoms with Crippen molar-refractivity contribution in [3.63, 3.8) is 0 Å². The minimum absolute atomic E-state index is 0.0763. The molecule has 0 radical (unpaired) electrons. The maximum atomic E-state index is 11.5. The molecule has 0 aliphatic heterocycles. The monoisotopic (exact) mass is 299 g/mol. The molecule has 2 heterocycles. The summed E-state index contributed by atoms with van der Waals surface area (Å²) in [5.74, 6) is 0. The van der Waals surface area contributed by atoms with Crippen LogP contribution in [0.3, 0.4) is 0 Å². The molecule has 0 aromatic carbocycles. The number of aromatic nitrogens is 5. The molecule has 0 fully saturated rings. The molecule has 9 heteroatoms. The minimum Gasteiger partial charge on any atom is -0.298 e. The Bertz CT molecular complexity index is 654. The van der Waals surface area contributed by atoms with E-state index < -0.39 is 0 Å². The lowest BCUT2D eigenvalue weighted by atomic mass is 10.4. The molecule has 0 spiro atoms. The Morgan fingerprint density at radius 1 is 1.53 bits per heavy atom. The van der Waals surface area contributed by atoms with Crippen LogP contribution in [0, 0.1) is 0 Å². The van der Waals surface area contributed by atoms with Gasteiger partial charge in [0.25, 0.3) is 0 Å². The van der Waals surface area contributed by atoms with Crippen LogP contribution in [-0.2, 0) is 6.54 Å². The fraction of sp³-hybridized carbons (Fsp3) is 0.300. The second-order valence-electron chi connectivity index (χ2n) is 3.57. The van der Waals surface area contributed by atoms with Gasteiger partial charge in [-0.15, -0.1) is 5.10 Å². The Labute approximate surface area is 117 Å². The summed E-state index contributed by atoms with van der Waals surface area (Å²) in [4.78, 5) is 30.2. The summed E-state index contributed by atoms with van der Waals surface area (Å²) in [6, 6.07) is 0. The van der Waals surface area contributed by atoms with Gasteiger partial charge < -0.3 is 0 Å². The zero-order valence-electron chi connectivity index (χ0n) is 9.96. The second kappa shape index (κ2) is 5.98. The number of carbonyl (C=O) groups is 1. The van der Waals surface area contributed by atoms with Crippen LogP contribution in [0.2, 0.25) is 5.15 Å². The Balaban J connectivity index is 2.39. The summed E-state index contributed by atoms with van der Waals surface area (Å²) >= 11 is 6.90. The van der Waals surface area contributed by atoms with Crippen molar-refractivity contribution >= 4 is 29.6 Å². The molecule has 0 atom stereocenters. The summed E-state index contributed by atoms with van der Waals surface area (Å²) in [5, 5.41) is 7.15. The molecule has 2 rings (SSSR count). The average molecular weight is 300 g/mol. The number of nitrogens with zero attached hydrogens (tertiary/aromatic N) is 4. The Hall–Kier alpha value is -1.67. The third-order valence-electron chi connectivity index (χ3n) is 2.27. The highest BCUT2D eigenvalue weighted by Crippen LogP contribution is 2.28. The first-order valence-electron chi connectivity index (χ1n) is 5.46. The molecule has 2 aromatic rings. The summed E-state index contributed by atoms with van der Waals surface area (Å²) in [6.07, 6.45) is 2.63. The van der Waals surface area contributed by atoms with Gasteiger partial charge in [0, 0.05) is 6.54 Å². The van der Waals surface area contributed by atoms with Crippen molar-refractivity contribution in [1.29, 1.82) is 0 Å². The first-order chi connectivity index (χ1) is 9.17. The maximum absolute atomic E-state index is 11.5. The summed E-state index contributed by atoms with van der Waals surface area (Å²) < 4.78 is 1.48. The number of hydrogen-bond acceptors (Lipinski definition) is 6. The standard InChI is InChI=1S/C10H10ClN5O2S/c1-2-3-16-9(18)14-15-10(16)19-8-6(4-17)7(11)12-5-13-8/h4-5H,2-3H2,1H3,(H,14,18). The van der Waals surface area contributed by atoms with Gasteiger partial charge in [-0.3, -0.25) is 9.36 Å². The van der Waals surface area contributed by atoms with E-state index in [4.69, 9.17) is 11.6 Å². The van der Waals surface area contributed by atoms with E-state index in [-0.39, 0.29) is 16.4 Å². The third-order valence-corrected chi connectivity index (χ3v) is 3.59. The topological polar surface area (TPSA) is 93.5 Å². The van der Waals surface area contributed by atoms with Gasteiger partial charge in [-0.25, -0.2) is 19.9 Å². The molecule has 100 valence electrons. The lowest BCUT2D eigenvalue weighted by Crippen LogP contribution is -2.17. The van der Waals surface area contributed by atoms with Crippen LogP contribution in [0.4, 0.5) is 0 Å². The van der Waals surface area contributed by atoms with Crippen molar-refractivity contribution in [2.75, 3.05) is 0 Å². The molecule has 0 saturated heterocycles. The van der Waals surface area contributed by atoms with Gasteiger partial charge in [-0.2, -0.15) is 0 Å². The number of rotatable bonds is 5. The quantitative estimate of drug-likeness (QED) is 0.662. The molecule has 19 heavy (non-hydrogen) atoms. The van der Waals surface area contributed by atoms with E-state index in [9.17, 15) is 9.59 Å². The fourth-order valence-electron chi connectivity index (χ4n) is 1.43. The van der Waals surface area contributed by atoms with Crippen molar-refractivity contribution in [1.82, 2.24) is 24.7 Å². The Morgan fingerprint density at radius 2 is 2.32 bits per heavy atom. The number of nitrogens with one attached hydrogen (secondary N) is 1. The lowest BCUT2D eigenvalue weighted by molar-refractivity contribution is 0.112. The van der Waals surface area contributed by atoms with Crippen LogP contribution in [0.5, 0.6) is 0 Å². The Morgan fingerprint density at radius 3 is 3.00 bits per heavy atom. The van der Waals surface area contributed by atoms with Gasteiger partial charge in [-0.1, -0.05) is 18.5 Å². The van der Waals surface area contributed by atoms with E-state index in [1.54, 1.807) is 0 Å². The zero-order chi connectivity index (χ0) is 13.8. The van der Waals surface area contributed by atoms with E-state index in [1.807, 2.05) is 6.92 Å². The number of aromatic amines is 1. The van der Waals surface area contributed by atoms with Crippen LogP contribution in [0.1, 0.15) is 23.7 Å². The van der Waals surface area contributed by atoms with Crippen LogP contribution in [0.25, 0.3) is 0 Å². The molecule has 0 aliphatic rings. The second-order valence-corrected chi connectivity index (χ2v) is 4.88. The van der Waals surface area contributed by atoms with Crippen LogP contribution >= 0.6 is 23.4 Å². The molecule has 0 aliphatic carbocycles. The minimum atomic E-state index is -0.294. The molecule has 0 saturated carbocycles. The van der Waals surface area contributed by atoms with Crippen molar-refractivity contribution in [3.8, 4) is 0 Å². The molecular weight excluding hydrogens is 290 g/mol. The number of H-pyrrole nitrogens is 1. The Kier molecular flexibility index (Phi) is 4.33. The highest BCUT2D eigenvalue weighted by molar-refractivity contribution is 7.99. The normalized spacial score (nSPS) is 10.6. The van der Waals surface area contributed by atoms with Crippen molar-refractivity contribution < 1.29 is 4.79 Å². The highest BCUT2D eigenvalue weighted by Gasteiger charge is 2.15. The summed E-state index contributed by atoms with van der Waals surface area (Å²) in [5.41, 5.74) is -0.107. The van der Waals surface area contributed by atoms with E-state index in [2.05, 4.69) is 20.2 Å². The summed E-state index contributed by atoms with van der Waals surface area (Å²) in [7, 11) is 0. The van der Waals surface area contributed by atoms with Gasteiger partial charge in [-0.05, 0) is 18.2 Å². The molecule has 2 aromatic heterocycles. The summed E-state index contributed by atoms with van der Waals surface area (Å²) in [6.45, 7) is 2.49. The average Bonchev–Trinajstić information content (AvgIpc) is 2.72.